The van der Waals surface area contributed by atoms with Gasteiger partial charge in [-0.15, -0.1) is 0 Å². The molecule has 1 saturated heterocycles. The van der Waals surface area contributed by atoms with Crippen molar-refractivity contribution in [3.8, 4) is 0 Å². The van der Waals surface area contributed by atoms with E-state index in [0.29, 0.717) is 42.0 Å². The minimum atomic E-state index is -0.300. The van der Waals surface area contributed by atoms with Crippen LogP contribution in [0.4, 0.5) is 5.82 Å². The van der Waals surface area contributed by atoms with Crippen LogP contribution in [-0.2, 0) is 16.8 Å². The van der Waals surface area contributed by atoms with Gasteiger partial charge < -0.3 is 20.1 Å². The van der Waals surface area contributed by atoms with Crippen LogP contribution in [0.1, 0.15) is 61.5 Å². The van der Waals surface area contributed by atoms with Gasteiger partial charge in [-0.1, -0.05) is 62.7 Å². The molecule has 38 heavy (non-hydrogen) atoms. The summed E-state index contributed by atoms with van der Waals surface area (Å²) in [6.07, 6.45) is 7.04. The number of imidazole rings is 1. The van der Waals surface area contributed by atoms with Gasteiger partial charge in [0.2, 0.25) is 5.91 Å². The number of halogens is 2. The lowest BCUT2D eigenvalue weighted by Gasteiger charge is -2.39. The summed E-state index contributed by atoms with van der Waals surface area (Å²) in [5, 5.41) is 15.6. The van der Waals surface area contributed by atoms with Gasteiger partial charge in [0.25, 0.3) is 5.91 Å². The summed E-state index contributed by atoms with van der Waals surface area (Å²) >= 11 is 13.1. The third-order valence-corrected chi connectivity index (χ3v) is 7.66. The van der Waals surface area contributed by atoms with Crippen molar-refractivity contribution in [1.29, 1.82) is 0 Å². The van der Waals surface area contributed by atoms with Crippen LogP contribution in [0.3, 0.4) is 0 Å². The molecule has 0 saturated carbocycles. The first-order valence-corrected chi connectivity index (χ1v) is 13.4. The maximum Gasteiger partial charge on any atom is 0.271 e. The molecule has 0 atom stereocenters. The number of rotatable bonds is 7. The lowest BCUT2D eigenvalue weighted by atomic mass is 9.86. The Morgan fingerprint density at radius 3 is 2.58 bits per heavy atom. The van der Waals surface area contributed by atoms with E-state index in [1.807, 2.05) is 10.6 Å². The first-order valence-electron chi connectivity index (χ1n) is 12.6. The topological polar surface area (TPSA) is 108 Å². The van der Waals surface area contributed by atoms with Crippen molar-refractivity contribution in [2.24, 2.45) is 0 Å². The molecule has 0 spiro atoms. The van der Waals surface area contributed by atoms with Gasteiger partial charge in [-0.3, -0.25) is 14.7 Å². The number of nitrogens with zero attached hydrogens (tertiary/aromatic N) is 4. The second-order valence-electron chi connectivity index (χ2n) is 10.8. The van der Waals surface area contributed by atoms with Crippen LogP contribution >= 0.6 is 23.2 Å². The summed E-state index contributed by atoms with van der Waals surface area (Å²) in [6.45, 7) is 11.1. The van der Waals surface area contributed by atoms with E-state index < -0.39 is 0 Å². The molecule has 3 heterocycles. The van der Waals surface area contributed by atoms with Gasteiger partial charge in [0, 0.05) is 29.5 Å². The SMILES string of the molecule is C=CC(=O)N1CC(NC(=O)c2c(Cl)nc(CNc3n[nH]c4cc(Cl)c(C(C)(C)C)cc34)n2C2CC=CC2)C1. The first kappa shape index (κ1) is 26.3. The third-order valence-electron chi connectivity index (χ3n) is 7.08. The molecule has 1 aliphatic carbocycles. The van der Waals surface area contributed by atoms with E-state index in [0.717, 1.165) is 29.3 Å². The number of carbonyl (C=O) groups is 2. The zero-order chi connectivity index (χ0) is 27.2. The number of amides is 2. The van der Waals surface area contributed by atoms with Gasteiger partial charge in [0.05, 0.1) is 18.1 Å². The largest absolute Gasteiger partial charge is 0.361 e. The molecule has 1 aliphatic heterocycles. The van der Waals surface area contributed by atoms with Gasteiger partial charge in [-0.05, 0) is 42.0 Å². The molecule has 9 nitrogen and oxygen atoms in total. The lowest BCUT2D eigenvalue weighted by Crippen LogP contribution is -2.60. The molecule has 1 fully saturated rings. The summed E-state index contributed by atoms with van der Waals surface area (Å²) in [5.74, 6) is 0.870. The van der Waals surface area contributed by atoms with Crippen molar-refractivity contribution in [3.05, 3.63) is 64.2 Å². The van der Waals surface area contributed by atoms with E-state index in [2.05, 4.69) is 71.4 Å². The number of benzene rings is 1. The molecule has 11 heteroatoms. The number of carbonyl (C=O) groups excluding carboxylic acids is 2. The zero-order valence-corrected chi connectivity index (χ0v) is 23.2. The maximum atomic E-state index is 13.3. The Hall–Kier alpha value is -3.30. The minimum Gasteiger partial charge on any atom is -0.361 e. The molecule has 2 aromatic heterocycles. The molecule has 3 aromatic rings. The summed E-state index contributed by atoms with van der Waals surface area (Å²) in [7, 11) is 0. The van der Waals surface area contributed by atoms with Crippen LogP contribution in [0.2, 0.25) is 10.2 Å². The Morgan fingerprint density at radius 1 is 1.21 bits per heavy atom. The number of hydrogen-bond donors (Lipinski definition) is 3. The highest BCUT2D eigenvalue weighted by Gasteiger charge is 2.34. The number of hydrogen-bond acceptors (Lipinski definition) is 5. The molecule has 5 rings (SSSR count). The Morgan fingerprint density at radius 2 is 1.92 bits per heavy atom. The van der Waals surface area contributed by atoms with Gasteiger partial charge in [-0.2, -0.15) is 5.10 Å². The van der Waals surface area contributed by atoms with Crippen molar-refractivity contribution in [1.82, 2.24) is 30.0 Å². The summed E-state index contributed by atoms with van der Waals surface area (Å²) < 4.78 is 1.93. The quantitative estimate of drug-likeness (QED) is 0.281. The standard InChI is InChI=1S/C27H31Cl2N7O2/c1-5-22(37)35-13-15(14-35)31-26(38)23-24(29)32-21(36(23)16-8-6-7-9-16)12-30-25-17-10-18(27(2,3)4)19(28)11-20(17)33-34-25/h5-7,10-11,15-16H,1,8-9,12-14H2,2-4H3,(H,31,38)(H2,30,33,34). The van der Waals surface area contributed by atoms with Crippen LogP contribution in [-0.4, -0.2) is 55.6 Å². The van der Waals surface area contributed by atoms with E-state index in [4.69, 9.17) is 23.2 Å². The molecule has 0 radical (unpaired) electrons. The predicted molar refractivity (Wildman–Crippen MR) is 150 cm³/mol. The van der Waals surface area contributed by atoms with Gasteiger partial charge in [0.15, 0.2) is 11.0 Å². The fourth-order valence-corrected chi connectivity index (χ4v) is 5.75. The molecule has 3 N–H and O–H groups in total. The third kappa shape index (κ3) is 4.92. The number of anilines is 1. The number of likely N-dealkylation sites (tertiary alicyclic amines) is 1. The second kappa shape index (κ2) is 10.1. The Balaban J connectivity index is 1.39. The van der Waals surface area contributed by atoms with Gasteiger partial charge >= 0.3 is 0 Å². The fourth-order valence-electron chi connectivity index (χ4n) is 5.03. The molecule has 0 unspecified atom stereocenters. The summed E-state index contributed by atoms with van der Waals surface area (Å²) in [4.78, 5) is 31.3. The second-order valence-corrected chi connectivity index (χ2v) is 11.6. The summed E-state index contributed by atoms with van der Waals surface area (Å²) in [5.41, 5.74) is 2.06. The zero-order valence-electron chi connectivity index (χ0n) is 21.6. The molecular weight excluding hydrogens is 525 g/mol. The van der Waals surface area contributed by atoms with E-state index in [-0.39, 0.29) is 34.5 Å². The van der Waals surface area contributed by atoms with Gasteiger partial charge in [0.1, 0.15) is 11.5 Å². The predicted octanol–water partition coefficient (Wildman–Crippen LogP) is 4.99. The molecule has 0 bridgehead atoms. The fraction of sp³-hybridized carbons (Fsp3) is 0.407. The minimum absolute atomic E-state index is 0.0370. The highest BCUT2D eigenvalue weighted by molar-refractivity contribution is 6.32. The average Bonchev–Trinajstić information content (AvgIpc) is 3.56. The molecule has 2 aliphatic rings. The smallest absolute Gasteiger partial charge is 0.271 e. The van der Waals surface area contributed by atoms with Crippen molar-refractivity contribution in [2.75, 3.05) is 18.4 Å². The highest BCUT2D eigenvalue weighted by atomic mass is 35.5. The van der Waals surface area contributed by atoms with Crippen LogP contribution < -0.4 is 10.6 Å². The monoisotopic (exact) mass is 555 g/mol. The van der Waals surface area contributed by atoms with E-state index in [9.17, 15) is 9.59 Å². The van der Waals surface area contributed by atoms with E-state index in [1.165, 1.54) is 6.08 Å². The molecular formula is C27H31Cl2N7O2. The van der Waals surface area contributed by atoms with Crippen LogP contribution in [0.25, 0.3) is 10.9 Å². The van der Waals surface area contributed by atoms with Gasteiger partial charge in [-0.25, -0.2) is 4.98 Å². The number of aromatic amines is 1. The highest BCUT2D eigenvalue weighted by Crippen LogP contribution is 2.35. The molecule has 200 valence electrons. The number of H-pyrrole nitrogens is 1. The number of nitrogens with one attached hydrogen (secondary N) is 3. The number of aromatic nitrogens is 4. The normalized spacial score (nSPS) is 16.2. The van der Waals surface area contributed by atoms with Crippen LogP contribution in [0.5, 0.6) is 0 Å². The molecule has 2 amide bonds. The van der Waals surface area contributed by atoms with Crippen molar-refractivity contribution in [2.45, 2.75) is 57.7 Å². The van der Waals surface area contributed by atoms with Crippen molar-refractivity contribution >= 4 is 51.7 Å². The van der Waals surface area contributed by atoms with Crippen LogP contribution in [0, 0.1) is 0 Å². The summed E-state index contributed by atoms with van der Waals surface area (Å²) in [6, 6.07) is 3.84. The average molecular weight is 556 g/mol. The van der Waals surface area contributed by atoms with Crippen LogP contribution in [0.15, 0.2) is 36.9 Å². The van der Waals surface area contributed by atoms with Crippen molar-refractivity contribution in [3.63, 3.8) is 0 Å². The molecule has 1 aromatic carbocycles. The number of allylic oxidation sites excluding steroid dienone is 2. The van der Waals surface area contributed by atoms with Crippen molar-refractivity contribution < 1.29 is 9.59 Å². The van der Waals surface area contributed by atoms with E-state index in [1.54, 1.807) is 4.90 Å². The first-order chi connectivity index (χ1) is 18.1. The maximum absolute atomic E-state index is 13.3. The Kier molecular flexibility index (Phi) is 7.00. The lowest BCUT2D eigenvalue weighted by molar-refractivity contribution is -0.130. The Labute approximate surface area is 231 Å². The van der Waals surface area contributed by atoms with E-state index >= 15 is 0 Å². The number of fused-ring (bicyclic) bond motifs is 1. The Bertz CT molecular complexity index is 1440.